The first-order chi connectivity index (χ1) is 12.8. The van der Waals surface area contributed by atoms with E-state index in [4.69, 9.17) is 18.8 Å². The van der Waals surface area contributed by atoms with E-state index >= 15 is 0 Å². The summed E-state index contributed by atoms with van der Waals surface area (Å²) in [6.45, 7) is 6.46. The fraction of sp³-hybridized carbons (Fsp3) is 0.824. The quantitative estimate of drug-likeness (QED) is 0.396. The number of carbonyl (C=O) groups is 3. The number of ether oxygens (including phenoxy) is 3. The molecule has 0 aromatic rings. The van der Waals surface area contributed by atoms with Crippen LogP contribution < -0.4 is 5.32 Å². The molecule has 11 heteroatoms. The molecule has 2 unspecified atom stereocenters. The second kappa shape index (κ2) is 10.1. The van der Waals surface area contributed by atoms with Crippen molar-refractivity contribution in [3.63, 3.8) is 0 Å². The molecular formula is C17H29NO9S. The minimum Gasteiger partial charge on any atom is -0.422 e. The van der Waals surface area contributed by atoms with Crippen molar-refractivity contribution in [1.29, 1.82) is 0 Å². The first kappa shape index (κ1) is 24.2. The summed E-state index contributed by atoms with van der Waals surface area (Å²) in [5.41, 5.74) is -1.01. The average Bonchev–Trinajstić information content (AvgIpc) is 2.68. The van der Waals surface area contributed by atoms with Crippen LogP contribution >= 0.6 is 0 Å². The summed E-state index contributed by atoms with van der Waals surface area (Å²) < 4.78 is 46.4. The molecular weight excluding hydrogens is 394 g/mol. The Morgan fingerprint density at radius 1 is 1.25 bits per heavy atom. The molecule has 1 heterocycles. The summed E-state index contributed by atoms with van der Waals surface area (Å²) in [5, 5.41) is 2.59. The fourth-order valence-corrected chi connectivity index (χ4v) is 3.59. The summed E-state index contributed by atoms with van der Waals surface area (Å²) in [7, 11) is -4.23. The van der Waals surface area contributed by atoms with Crippen molar-refractivity contribution in [2.24, 2.45) is 5.41 Å². The molecule has 3 atom stereocenters. The number of esters is 1. The lowest BCUT2D eigenvalue weighted by Crippen LogP contribution is -2.46. The van der Waals surface area contributed by atoms with Gasteiger partial charge in [0.1, 0.15) is 0 Å². The number of carbonyl (C=O) groups excluding carboxylic acids is 3. The van der Waals surface area contributed by atoms with E-state index in [9.17, 15) is 22.8 Å². The lowest BCUT2D eigenvalue weighted by atomic mass is 9.79. The lowest BCUT2D eigenvalue weighted by Gasteiger charge is -2.33. The van der Waals surface area contributed by atoms with Gasteiger partial charge in [-0.15, -0.1) is 0 Å². The Bertz CT molecular complexity index is 674. The van der Waals surface area contributed by atoms with Gasteiger partial charge in [0.25, 0.3) is 16.4 Å². The number of unbranched alkanes of at least 4 members (excludes halogenated alkanes) is 1. The highest BCUT2D eigenvalue weighted by Gasteiger charge is 2.45. The van der Waals surface area contributed by atoms with Crippen LogP contribution in [0.25, 0.3) is 0 Å². The summed E-state index contributed by atoms with van der Waals surface area (Å²) >= 11 is 0. The standard InChI is InChI=1S/C17H29NO9S/c1-5-6-7-13-25-15(20)14(27-16(21)26-13)17(3,4)10-12(18-11(2)19)8-9-28(22,23)24/h12-14H,5-10H2,1-4H3,(H,18,19)(H,22,23,24)/t12?,13?,14-/m0/s1. The van der Waals surface area contributed by atoms with E-state index in [1.807, 2.05) is 6.92 Å². The Kier molecular flexibility index (Phi) is 8.68. The molecule has 162 valence electrons. The Morgan fingerprint density at radius 3 is 2.43 bits per heavy atom. The van der Waals surface area contributed by atoms with E-state index in [2.05, 4.69) is 5.32 Å². The topological polar surface area (TPSA) is 145 Å². The minimum absolute atomic E-state index is 0.0762. The van der Waals surface area contributed by atoms with E-state index in [1.165, 1.54) is 6.92 Å². The van der Waals surface area contributed by atoms with E-state index in [0.29, 0.717) is 12.8 Å². The maximum Gasteiger partial charge on any atom is 0.512 e. The highest BCUT2D eigenvalue weighted by Crippen LogP contribution is 2.33. The maximum absolute atomic E-state index is 12.5. The molecule has 0 aromatic heterocycles. The predicted molar refractivity (Wildman–Crippen MR) is 97.8 cm³/mol. The Hall–Kier alpha value is -1.88. The van der Waals surface area contributed by atoms with E-state index in [0.717, 1.165) is 6.42 Å². The third-order valence-electron chi connectivity index (χ3n) is 4.31. The SMILES string of the molecule is CCCCC1OC(=O)O[C@H](C(C)(C)CC(CCS(=O)(=O)O)NC(C)=O)C(=O)O1. The zero-order chi connectivity index (χ0) is 21.5. The summed E-state index contributed by atoms with van der Waals surface area (Å²) in [6, 6.07) is -0.680. The fourth-order valence-electron chi connectivity index (χ4n) is 3.01. The highest BCUT2D eigenvalue weighted by molar-refractivity contribution is 7.85. The number of hydrogen-bond donors (Lipinski definition) is 2. The molecule has 0 saturated carbocycles. The molecule has 1 fully saturated rings. The van der Waals surface area contributed by atoms with Crippen molar-refractivity contribution in [2.75, 3.05) is 5.75 Å². The van der Waals surface area contributed by atoms with Gasteiger partial charge < -0.3 is 19.5 Å². The van der Waals surface area contributed by atoms with Gasteiger partial charge in [0.15, 0.2) is 0 Å². The van der Waals surface area contributed by atoms with Gasteiger partial charge in [0.2, 0.25) is 12.0 Å². The summed E-state index contributed by atoms with van der Waals surface area (Å²) in [5.74, 6) is -1.74. The Morgan fingerprint density at radius 2 is 1.89 bits per heavy atom. The first-order valence-electron chi connectivity index (χ1n) is 9.14. The van der Waals surface area contributed by atoms with Crippen LogP contribution in [0, 0.1) is 5.41 Å². The van der Waals surface area contributed by atoms with E-state index in [-0.39, 0.29) is 12.8 Å². The normalized spacial score (nSPS) is 21.8. The van der Waals surface area contributed by atoms with Gasteiger partial charge in [-0.3, -0.25) is 9.35 Å². The van der Waals surface area contributed by atoms with Crippen LogP contribution in [0.4, 0.5) is 4.79 Å². The second-order valence-corrected chi connectivity index (χ2v) is 9.11. The molecule has 0 radical (unpaired) electrons. The number of hydrogen-bond acceptors (Lipinski definition) is 8. The molecule has 28 heavy (non-hydrogen) atoms. The van der Waals surface area contributed by atoms with Crippen LogP contribution in [0.15, 0.2) is 0 Å². The molecule has 1 amide bonds. The van der Waals surface area contributed by atoms with E-state index in [1.54, 1.807) is 13.8 Å². The molecule has 0 aromatic carbocycles. The van der Waals surface area contributed by atoms with Crippen LogP contribution in [-0.4, -0.2) is 55.2 Å². The third-order valence-corrected chi connectivity index (χ3v) is 5.06. The monoisotopic (exact) mass is 423 g/mol. The Balaban J connectivity index is 2.91. The van der Waals surface area contributed by atoms with Gasteiger partial charge in [-0.1, -0.05) is 27.2 Å². The van der Waals surface area contributed by atoms with Crippen LogP contribution in [-0.2, 0) is 33.9 Å². The van der Waals surface area contributed by atoms with Crippen molar-refractivity contribution in [1.82, 2.24) is 5.32 Å². The van der Waals surface area contributed by atoms with Crippen LogP contribution in [0.1, 0.15) is 59.8 Å². The molecule has 1 rings (SSSR count). The van der Waals surface area contributed by atoms with Crippen molar-refractivity contribution in [3.8, 4) is 0 Å². The number of nitrogens with one attached hydrogen (secondary N) is 1. The number of cyclic esters (lactones) is 3. The predicted octanol–water partition coefficient (Wildman–Crippen LogP) is 1.78. The maximum atomic E-state index is 12.5. The van der Waals surface area contributed by atoms with Gasteiger partial charge in [-0.2, -0.15) is 8.42 Å². The second-order valence-electron chi connectivity index (χ2n) is 7.54. The van der Waals surface area contributed by atoms with Crippen molar-refractivity contribution >= 4 is 28.1 Å². The van der Waals surface area contributed by atoms with Gasteiger partial charge in [0.05, 0.1) is 5.75 Å². The van der Waals surface area contributed by atoms with Gasteiger partial charge >= 0.3 is 12.1 Å². The molecule has 1 aliphatic rings. The van der Waals surface area contributed by atoms with Gasteiger partial charge in [-0.25, -0.2) is 9.59 Å². The van der Waals surface area contributed by atoms with Crippen molar-refractivity contribution < 1.29 is 41.6 Å². The van der Waals surface area contributed by atoms with Crippen LogP contribution in [0.2, 0.25) is 0 Å². The van der Waals surface area contributed by atoms with E-state index < -0.39 is 57.8 Å². The van der Waals surface area contributed by atoms with Crippen molar-refractivity contribution in [2.45, 2.75) is 78.2 Å². The van der Waals surface area contributed by atoms with Gasteiger partial charge in [-0.05, 0) is 19.3 Å². The van der Waals surface area contributed by atoms with Crippen LogP contribution in [0.3, 0.4) is 0 Å². The number of amides is 1. The summed E-state index contributed by atoms with van der Waals surface area (Å²) in [4.78, 5) is 35.9. The minimum atomic E-state index is -4.23. The van der Waals surface area contributed by atoms with Crippen LogP contribution in [0.5, 0.6) is 0 Å². The molecule has 10 nitrogen and oxygen atoms in total. The molecule has 0 bridgehead atoms. The summed E-state index contributed by atoms with van der Waals surface area (Å²) in [6.07, 6.45) is -1.46. The average molecular weight is 423 g/mol. The smallest absolute Gasteiger partial charge is 0.422 e. The lowest BCUT2D eigenvalue weighted by molar-refractivity contribution is -0.171. The molecule has 1 saturated heterocycles. The zero-order valence-corrected chi connectivity index (χ0v) is 17.4. The molecule has 1 aliphatic heterocycles. The zero-order valence-electron chi connectivity index (χ0n) is 16.6. The van der Waals surface area contributed by atoms with Crippen molar-refractivity contribution in [3.05, 3.63) is 0 Å². The largest absolute Gasteiger partial charge is 0.512 e. The first-order valence-corrected chi connectivity index (χ1v) is 10.7. The molecule has 0 spiro atoms. The third kappa shape index (κ3) is 8.42. The van der Waals surface area contributed by atoms with Gasteiger partial charge in [0, 0.05) is 24.8 Å². The highest BCUT2D eigenvalue weighted by atomic mass is 32.2. The molecule has 0 aliphatic carbocycles. The Labute approximate surface area is 165 Å². The number of rotatable bonds is 10. The molecule has 2 N–H and O–H groups in total.